The van der Waals surface area contributed by atoms with Crippen LogP contribution in [-0.4, -0.2) is 38.0 Å². The highest BCUT2D eigenvalue weighted by Gasteiger charge is 2.02. The minimum atomic E-state index is -0.362. The lowest BCUT2D eigenvalue weighted by molar-refractivity contribution is 0.260. The molecule has 0 N–H and O–H groups in total. The van der Waals surface area contributed by atoms with Crippen LogP contribution in [0.1, 0.15) is 12.0 Å². The lowest BCUT2D eigenvalue weighted by atomic mass is 10.2. The van der Waals surface area contributed by atoms with Gasteiger partial charge in [-0.3, -0.25) is 0 Å². The average Bonchev–Trinajstić information content (AvgIpc) is 2.31. The number of rotatable bonds is 5. The Morgan fingerprint density at radius 2 is 2.17 bits per heavy atom. The van der Waals surface area contributed by atoms with Crippen LogP contribution in [0.3, 0.4) is 0 Å². The molecule has 0 bridgehead atoms. The van der Waals surface area contributed by atoms with Gasteiger partial charge < -0.3 is 9.64 Å². The van der Waals surface area contributed by atoms with Gasteiger partial charge in [0.2, 0.25) is 0 Å². The summed E-state index contributed by atoms with van der Waals surface area (Å²) in [5, 5.41) is 0. The van der Waals surface area contributed by atoms with Gasteiger partial charge in [-0.25, -0.2) is 4.39 Å². The number of halogens is 2. The second-order valence-electron chi connectivity index (χ2n) is 4.03. The fourth-order valence-electron chi connectivity index (χ4n) is 1.24. The maximum absolute atomic E-state index is 13.6. The van der Waals surface area contributed by atoms with E-state index in [1.165, 1.54) is 6.07 Å². The van der Waals surface area contributed by atoms with Crippen molar-refractivity contribution in [1.82, 2.24) is 4.90 Å². The summed E-state index contributed by atoms with van der Waals surface area (Å²) in [6, 6.07) is 4.71. The first kappa shape index (κ1) is 14.8. The van der Waals surface area contributed by atoms with Crippen molar-refractivity contribution in [3.8, 4) is 17.6 Å². The van der Waals surface area contributed by atoms with Crippen molar-refractivity contribution in [3.63, 3.8) is 0 Å². The molecule has 0 saturated heterocycles. The number of nitrogens with zero attached hydrogens (tertiary/aromatic N) is 1. The first-order valence-electron chi connectivity index (χ1n) is 5.75. The van der Waals surface area contributed by atoms with E-state index in [1.54, 1.807) is 12.1 Å². The van der Waals surface area contributed by atoms with Crippen LogP contribution in [0.2, 0.25) is 0 Å². The lowest BCUT2D eigenvalue weighted by Crippen LogP contribution is -2.19. The maximum Gasteiger partial charge on any atom is 0.142 e. The Kier molecular flexibility index (Phi) is 6.56. The van der Waals surface area contributed by atoms with Gasteiger partial charge >= 0.3 is 0 Å². The summed E-state index contributed by atoms with van der Waals surface area (Å²) in [4.78, 5) is 2.00. The first-order chi connectivity index (χ1) is 8.63. The molecule has 0 atom stereocenters. The van der Waals surface area contributed by atoms with Crippen LogP contribution in [0, 0.1) is 17.7 Å². The van der Waals surface area contributed by atoms with E-state index >= 15 is 0 Å². The molecule has 0 aromatic heterocycles. The first-order valence-corrected chi connectivity index (χ1v) is 6.29. The summed E-state index contributed by atoms with van der Waals surface area (Å²) in [6.07, 6.45) is 0.558. The molecule has 0 spiro atoms. The Morgan fingerprint density at radius 1 is 1.39 bits per heavy atom. The average molecular weight is 270 g/mol. The topological polar surface area (TPSA) is 12.5 Å². The third-order valence-electron chi connectivity index (χ3n) is 2.19. The van der Waals surface area contributed by atoms with Crippen LogP contribution in [0.25, 0.3) is 0 Å². The van der Waals surface area contributed by atoms with E-state index in [-0.39, 0.29) is 5.82 Å². The van der Waals surface area contributed by atoms with E-state index in [0.29, 0.717) is 30.2 Å². The van der Waals surface area contributed by atoms with Crippen molar-refractivity contribution in [1.29, 1.82) is 0 Å². The van der Waals surface area contributed by atoms with Crippen LogP contribution in [0.4, 0.5) is 4.39 Å². The molecule has 2 nitrogen and oxygen atoms in total. The van der Waals surface area contributed by atoms with Crippen LogP contribution < -0.4 is 4.74 Å². The van der Waals surface area contributed by atoms with E-state index in [9.17, 15) is 4.39 Å². The molecule has 0 heterocycles. The molecule has 0 fully saturated rings. The number of ether oxygens (including phenoxy) is 1. The van der Waals surface area contributed by atoms with Gasteiger partial charge in [0.15, 0.2) is 0 Å². The minimum absolute atomic E-state index is 0.362. The quantitative estimate of drug-likeness (QED) is 0.602. The van der Waals surface area contributed by atoms with E-state index in [4.69, 9.17) is 16.3 Å². The molecule has 0 aliphatic carbocycles. The Labute approximate surface area is 113 Å². The molecule has 98 valence electrons. The zero-order chi connectivity index (χ0) is 13.4. The zero-order valence-corrected chi connectivity index (χ0v) is 11.4. The molecule has 0 amide bonds. The van der Waals surface area contributed by atoms with Crippen molar-refractivity contribution in [2.24, 2.45) is 0 Å². The molecule has 0 unspecified atom stereocenters. The van der Waals surface area contributed by atoms with Crippen LogP contribution >= 0.6 is 11.6 Å². The van der Waals surface area contributed by atoms with Crippen molar-refractivity contribution in [2.45, 2.75) is 6.42 Å². The number of hydrogen-bond donors (Lipinski definition) is 0. The monoisotopic (exact) mass is 269 g/mol. The Hall–Kier alpha value is -1.24. The highest BCUT2D eigenvalue weighted by molar-refractivity contribution is 6.18. The standard InChI is InChI=1S/C14H17ClFNO/c1-17(2)9-10-18-13-7-6-12(14(16)11-13)5-3-4-8-15/h6-7,11H,4,8-10H2,1-2H3. The molecule has 1 rings (SSSR count). The van der Waals surface area contributed by atoms with Gasteiger partial charge in [-0.1, -0.05) is 11.8 Å². The third-order valence-corrected chi connectivity index (χ3v) is 2.38. The van der Waals surface area contributed by atoms with Gasteiger partial charge in [-0.15, -0.1) is 11.6 Å². The van der Waals surface area contributed by atoms with Gasteiger partial charge in [0, 0.05) is 24.9 Å². The van der Waals surface area contributed by atoms with Crippen molar-refractivity contribution in [3.05, 3.63) is 29.6 Å². The van der Waals surface area contributed by atoms with Crippen molar-refractivity contribution < 1.29 is 9.13 Å². The van der Waals surface area contributed by atoms with E-state index in [0.717, 1.165) is 6.54 Å². The summed E-state index contributed by atoms with van der Waals surface area (Å²) < 4.78 is 19.1. The van der Waals surface area contributed by atoms with Crippen LogP contribution in [-0.2, 0) is 0 Å². The van der Waals surface area contributed by atoms with Gasteiger partial charge in [-0.05, 0) is 26.2 Å². The molecule has 4 heteroatoms. The maximum atomic E-state index is 13.6. The number of likely N-dealkylation sites (N-methyl/N-ethyl adjacent to an activating group) is 1. The number of benzene rings is 1. The molecule has 0 radical (unpaired) electrons. The van der Waals surface area contributed by atoms with E-state index in [1.807, 2.05) is 19.0 Å². The zero-order valence-electron chi connectivity index (χ0n) is 10.7. The summed E-state index contributed by atoms with van der Waals surface area (Å²) in [7, 11) is 3.92. The Bertz CT molecular complexity index is 437. The van der Waals surface area contributed by atoms with Crippen molar-refractivity contribution in [2.75, 3.05) is 33.1 Å². The van der Waals surface area contributed by atoms with Crippen LogP contribution in [0.15, 0.2) is 18.2 Å². The number of hydrogen-bond acceptors (Lipinski definition) is 2. The third kappa shape index (κ3) is 5.39. The largest absolute Gasteiger partial charge is 0.492 e. The van der Waals surface area contributed by atoms with Gasteiger partial charge in [-0.2, -0.15) is 0 Å². The predicted octanol–water partition coefficient (Wildman–Crippen LogP) is 2.75. The second-order valence-corrected chi connectivity index (χ2v) is 4.41. The van der Waals surface area contributed by atoms with Gasteiger partial charge in [0.05, 0.1) is 5.56 Å². The summed E-state index contributed by atoms with van der Waals surface area (Å²) in [6.45, 7) is 1.32. The lowest BCUT2D eigenvalue weighted by Gasteiger charge is -2.11. The van der Waals surface area contributed by atoms with Gasteiger partial charge in [0.1, 0.15) is 18.2 Å². The van der Waals surface area contributed by atoms with Gasteiger partial charge in [0.25, 0.3) is 0 Å². The molecule has 18 heavy (non-hydrogen) atoms. The smallest absolute Gasteiger partial charge is 0.142 e. The van der Waals surface area contributed by atoms with Crippen molar-refractivity contribution >= 4 is 11.6 Å². The SMILES string of the molecule is CN(C)CCOc1ccc(C#CCCCl)c(F)c1. The van der Waals surface area contributed by atoms with E-state index < -0.39 is 0 Å². The minimum Gasteiger partial charge on any atom is -0.492 e. The fourth-order valence-corrected chi connectivity index (χ4v) is 1.33. The molecular formula is C14H17ClFNO. The molecule has 1 aromatic carbocycles. The molecular weight excluding hydrogens is 253 g/mol. The Balaban J connectivity index is 2.60. The number of alkyl halides is 1. The summed E-state index contributed by atoms with van der Waals surface area (Å²) in [5.74, 6) is 6.16. The van der Waals surface area contributed by atoms with Crippen LogP contribution in [0.5, 0.6) is 5.75 Å². The predicted molar refractivity (Wildman–Crippen MR) is 72.7 cm³/mol. The van der Waals surface area contributed by atoms with E-state index in [2.05, 4.69) is 11.8 Å². The second kappa shape index (κ2) is 7.97. The highest BCUT2D eigenvalue weighted by atomic mass is 35.5. The molecule has 0 saturated carbocycles. The molecule has 1 aromatic rings. The molecule has 0 aliphatic heterocycles. The highest BCUT2D eigenvalue weighted by Crippen LogP contribution is 2.16. The fraction of sp³-hybridized carbons (Fsp3) is 0.429. The Morgan fingerprint density at radius 3 is 2.78 bits per heavy atom. The molecule has 0 aliphatic rings. The normalized spacial score (nSPS) is 10.1. The summed E-state index contributed by atoms with van der Waals surface area (Å²) >= 11 is 5.50. The summed E-state index contributed by atoms with van der Waals surface area (Å²) in [5.41, 5.74) is 0.375.